The van der Waals surface area contributed by atoms with Crippen LogP contribution in [0.5, 0.6) is 0 Å². The lowest BCUT2D eigenvalue weighted by atomic mass is 9.86. The average molecular weight is 281 g/mol. The Balaban J connectivity index is 1.86. The number of nitrogens with zero attached hydrogens (tertiary/aromatic N) is 3. The molecular weight excluding hydrogens is 262 g/mol. The molecule has 1 heterocycles. The molecule has 1 fully saturated rings. The zero-order valence-corrected chi connectivity index (χ0v) is 11.4. The Morgan fingerprint density at radius 1 is 1.50 bits per heavy atom. The Labute approximate surface area is 116 Å². The number of carboxylic acid groups (broad SMARTS) is 1. The molecule has 1 aromatic rings. The molecule has 1 aromatic heterocycles. The van der Waals surface area contributed by atoms with Crippen LogP contribution >= 0.6 is 0 Å². The van der Waals surface area contributed by atoms with Crippen molar-refractivity contribution in [1.29, 1.82) is 0 Å². The number of aromatic amines is 1. The fourth-order valence-electron chi connectivity index (χ4n) is 2.50. The number of hydrogen-bond donors (Lipinski definition) is 3. The summed E-state index contributed by atoms with van der Waals surface area (Å²) in [5.74, 6) is -0.246. The van der Waals surface area contributed by atoms with E-state index in [9.17, 15) is 14.7 Å². The van der Waals surface area contributed by atoms with E-state index in [1.54, 1.807) is 7.05 Å². The first kappa shape index (κ1) is 14.3. The molecule has 110 valence electrons. The summed E-state index contributed by atoms with van der Waals surface area (Å²) < 4.78 is 0. The van der Waals surface area contributed by atoms with Crippen molar-refractivity contribution in [1.82, 2.24) is 25.4 Å². The maximum atomic E-state index is 12.0. The maximum absolute atomic E-state index is 12.0. The van der Waals surface area contributed by atoms with E-state index in [0.29, 0.717) is 25.2 Å². The van der Waals surface area contributed by atoms with E-state index >= 15 is 0 Å². The zero-order valence-electron chi connectivity index (χ0n) is 11.4. The van der Waals surface area contributed by atoms with Crippen LogP contribution in [-0.4, -0.2) is 50.8 Å². The van der Waals surface area contributed by atoms with Gasteiger partial charge in [-0.2, -0.15) is 5.10 Å². The molecule has 0 unspecified atom stereocenters. The van der Waals surface area contributed by atoms with Gasteiger partial charge in [-0.25, -0.2) is 9.78 Å². The molecule has 0 atom stereocenters. The van der Waals surface area contributed by atoms with Crippen molar-refractivity contribution >= 4 is 12.0 Å². The SMILES string of the molecule is CN(Cc1ncn[nH]1)C(=O)NCC1(C(=O)O)CCCC1. The zero-order chi connectivity index (χ0) is 14.6. The quantitative estimate of drug-likeness (QED) is 0.731. The number of carboxylic acids is 1. The molecule has 20 heavy (non-hydrogen) atoms. The van der Waals surface area contributed by atoms with Gasteiger partial charge in [-0.1, -0.05) is 12.8 Å². The molecule has 3 N–H and O–H groups in total. The second-order valence-electron chi connectivity index (χ2n) is 5.24. The number of aliphatic carboxylic acids is 1. The molecule has 0 aliphatic heterocycles. The minimum Gasteiger partial charge on any atom is -0.481 e. The van der Waals surface area contributed by atoms with Gasteiger partial charge in [0.15, 0.2) is 0 Å². The van der Waals surface area contributed by atoms with Crippen LogP contribution in [0.4, 0.5) is 4.79 Å². The van der Waals surface area contributed by atoms with Crippen molar-refractivity contribution in [2.24, 2.45) is 5.41 Å². The summed E-state index contributed by atoms with van der Waals surface area (Å²) >= 11 is 0. The van der Waals surface area contributed by atoms with Gasteiger partial charge < -0.3 is 15.3 Å². The van der Waals surface area contributed by atoms with E-state index < -0.39 is 11.4 Å². The van der Waals surface area contributed by atoms with Crippen LogP contribution in [-0.2, 0) is 11.3 Å². The van der Waals surface area contributed by atoms with Gasteiger partial charge in [0.05, 0.1) is 12.0 Å². The number of carbonyl (C=O) groups is 2. The fourth-order valence-corrected chi connectivity index (χ4v) is 2.50. The molecule has 2 amide bonds. The van der Waals surface area contributed by atoms with Crippen molar-refractivity contribution in [3.05, 3.63) is 12.2 Å². The monoisotopic (exact) mass is 281 g/mol. The van der Waals surface area contributed by atoms with Gasteiger partial charge in [0.25, 0.3) is 0 Å². The fraction of sp³-hybridized carbons (Fsp3) is 0.667. The van der Waals surface area contributed by atoms with E-state index in [0.717, 1.165) is 12.8 Å². The Morgan fingerprint density at radius 3 is 2.75 bits per heavy atom. The van der Waals surface area contributed by atoms with E-state index in [2.05, 4.69) is 20.5 Å². The second kappa shape index (κ2) is 5.89. The van der Waals surface area contributed by atoms with E-state index in [1.165, 1.54) is 11.2 Å². The third-order valence-corrected chi connectivity index (χ3v) is 3.79. The average Bonchev–Trinajstić information content (AvgIpc) is 3.07. The van der Waals surface area contributed by atoms with E-state index in [1.807, 2.05) is 0 Å². The summed E-state index contributed by atoms with van der Waals surface area (Å²) in [5.41, 5.74) is -0.803. The van der Waals surface area contributed by atoms with Crippen molar-refractivity contribution in [3.63, 3.8) is 0 Å². The van der Waals surface area contributed by atoms with Crippen LogP contribution in [0.2, 0.25) is 0 Å². The lowest BCUT2D eigenvalue weighted by Crippen LogP contribution is -2.45. The highest BCUT2D eigenvalue weighted by Crippen LogP contribution is 2.37. The van der Waals surface area contributed by atoms with Crippen LogP contribution in [0.1, 0.15) is 31.5 Å². The topological polar surface area (TPSA) is 111 Å². The summed E-state index contributed by atoms with van der Waals surface area (Å²) in [4.78, 5) is 28.7. The number of hydrogen-bond acceptors (Lipinski definition) is 4. The summed E-state index contributed by atoms with van der Waals surface area (Å²) in [6.45, 7) is 0.466. The Hall–Kier alpha value is -2.12. The third kappa shape index (κ3) is 3.06. The maximum Gasteiger partial charge on any atom is 0.317 e. The minimum absolute atomic E-state index is 0.169. The van der Waals surface area contributed by atoms with Crippen LogP contribution in [0, 0.1) is 5.41 Å². The highest BCUT2D eigenvalue weighted by atomic mass is 16.4. The Kier molecular flexibility index (Phi) is 4.21. The van der Waals surface area contributed by atoms with Crippen LogP contribution in [0.15, 0.2) is 6.33 Å². The Morgan fingerprint density at radius 2 is 2.20 bits per heavy atom. The van der Waals surface area contributed by atoms with Gasteiger partial charge in [0.2, 0.25) is 0 Å². The molecule has 1 aliphatic carbocycles. The molecule has 1 aliphatic rings. The van der Waals surface area contributed by atoms with Gasteiger partial charge >= 0.3 is 12.0 Å². The predicted molar refractivity (Wildman–Crippen MR) is 69.8 cm³/mol. The standard InChI is InChI=1S/C12H19N5O3/c1-17(6-9-14-8-15-16-9)11(20)13-7-12(10(18)19)4-2-3-5-12/h8H,2-7H2,1H3,(H,13,20)(H,18,19)(H,14,15,16). The first-order valence-corrected chi connectivity index (χ1v) is 6.60. The molecule has 8 nitrogen and oxygen atoms in total. The third-order valence-electron chi connectivity index (χ3n) is 3.79. The summed E-state index contributed by atoms with van der Waals surface area (Å²) in [7, 11) is 1.62. The lowest BCUT2D eigenvalue weighted by molar-refractivity contribution is -0.148. The minimum atomic E-state index is -0.826. The smallest absolute Gasteiger partial charge is 0.317 e. The molecule has 8 heteroatoms. The summed E-state index contributed by atoms with van der Waals surface area (Å²) in [6.07, 6.45) is 4.41. The number of carbonyl (C=O) groups excluding carboxylic acids is 1. The molecule has 0 aromatic carbocycles. The number of rotatable bonds is 5. The predicted octanol–water partition coefficient (Wildman–Crippen LogP) is 0.591. The molecule has 0 bridgehead atoms. The molecule has 1 saturated carbocycles. The number of amides is 2. The van der Waals surface area contributed by atoms with E-state index in [-0.39, 0.29) is 12.6 Å². The number of aromatic nitrogens is 3. The first-order valence-electron chi connectivity index (χ1n) is 6.60. The van der Waals surface area contributed by atoms with Gasteiger partial charge in [0.1, 0.15) is 12.2 Å². The Bertz CT molecular complexity index is 467. The number of H-pyrrole nitrogens is 1. The first-order chi connectivity index (χ1) is 9.53. The second-order valence-corrected chi connectivity index (χ2v) is 5.24. The van der Waals surface area contributed by atoms with E-state index in [4.69, 9.17) is 0 Å². The van der Waals surface area contributed by atoms with Crippen LogP contribution < -0.4 is 5.32 Å². The molecule has 0 spiro atoms. The van der Waals surface area contributed by atoms with Crippen LogP contribution in [0.3, 0.4) is 0 Å². The summed E-state index contributed by atoms with van der Waals surface area (Å²) in [6, 6.07) is -0.311. The van der Waals surface area contributed by atoms with Crippen molar-refractivity contribution in [2.75, 3.05) is 13.6 Å². The van der Waals surface area contributed by atoms with Gasteiger partial charge in [0, 0.05) is 13.6 Å². The molecule has 0 radical (unpaired) electrons. The highest BCUT2D eigenvalue weighted by Gasteiger charge is 2.41. The van der Waals surface area contributed by atoms with Crippen molar-refractivity contribution < 1.29 is 14.7 Å². The number of urea groups is 1. The molecular formula is C12H19N5O3. The largest absolute Gasteiger partial charge is 0.481 e. The van der Waals surface area contributed by atoms with Gasteiger partial charge in [-0.3, -0.25) is 9.89 Å². The van der Waals surface area contributed by atoms with Crippen molar-refractivity contribution in [3.8, 4) is 0 Å². The van der Waals surface area contributed by atoms with Gasteiger partial charge in [-0.05, 0) is 12.8 Å². The normalized spacial score (nSPS) is 16.9. The lowest BCUT2D eigenvalue weighted by Gasteiger charge is -2.25. The summed E-state index contributed by atoms with van der Waals surface area (Å²) in [5, 5.41) is 18.4. The highest BCUT2D eigenvalue weighted by molar-refractivity contribution is 5.78. The van der Waals surface area contributed by atoms with Gasteiger partial charge in [-0.15, -0.1) is 0 Å². The number of nitrogens with one attached hydrogen (secondary N) is 2. The van der Waals surface area contributed by atoms with Crippen LogP contribution in [0.25, 0.3) is 0 Å². The van der Waals surface area contributed by atoms with Crippen molar-refractivity contribution in [2.45, 2.75) is 32.2 Å². The molecule has 2 rings (SSSR count). The molecule has 0 saturated heterocycles.